The summed E-state index contributed by atoms with van der Waals surface area (Å²) in [4.78, 5) is 15.6. The maximum absolute atomic E-state index is 13.4. The Morgan fingerprint density at radius 3 is 2.65 bits per heavy atom. The molecule has 2 aliphatic rings. The molecule has 160 valence electrons. The van der Waals surface area contributed by atoms with Gasteiger partial charge in [-0.3, -0.25) is 9.36 Å². The van der Waals surface area contributed by atoms with E-state index in [0.29, 0.717) is 13.2 Å². The molecule has 1 unspecified atom stereocenters. The number of Topliss-reactive ketones (excluding diaryl/α,β-unsaturated/α-hetero) is 1. The number of aryl methyl sites for hydroxylation is 2. The zero-order valence-corrected chi connectivity index (χ0v) is 18.5. The van der Waals surface area contributed by atoms with Gasteiger partial charge in [-0.25, -0.2) is 0 Å². The summed E-state index contributed by atoms with van der Waals surface area (Å²) in [7, 11) is 0. The van der Waals surface area contributed by atoms with Gasteiger partial charge in [-0.05, 0) is 43.4 Å². The fraction of sp³-hybridized carbons (Fsp3) is 0.375. The number of anilines is 1. The van der Waals surface area contributed by atoms with Crippen LogP contribution in [0.5, 0.6) is 0 Å². The van der Waals surface area contributed by atoms with Crippen molar-refractivity contribution in [3.8, 4) is 5.69 Å². The third-order valence-electron chi connectivity index (χ3n) is 6.00. The highest BCUT2D eigenvalue weighted by molar-refractivity contribution is 8.00. The van der Waals surface area contributed by atoms with Gasteiger partial charge in [0.25, 0.3) is 0 Å². The Bertz CT molecular complexity index is 1090. The molecule has 1 atom stereocenters. The molecular formula is C24H26N4O2S. The summed E-state index contributed by atoms with van der Waals surface area (Å²) in [5.74, 6) is 1.02. The molecule has 0 N–H and O–H groups in total. The molecule has 6 nitrogen and oxygen atoms in total. The van der Waals surface area contributed by atoms with E-state index in [1.165, 1.54) is 0 Å². The van der Waals surface area contributed by atoms with E-state index in [2.05, 4.69) is 44.8 Å². The number of para-hydroxylation sites is 1. The molecule has 3 aromatic rings. The summed E-state index contributed by atoms with van der Waals surface area (Å²) in [6.07, 6.45) is 2.78. The highest BCUT2D eigenvalue weighted by Crippen LogP contribution is 2.35. The number of carbonyl (C=O) groups excluding carboxylic acids is 1. The molecule has 5 rings (SSSR count). The zero-order chi connectivity index (χ0) is 21.2. The average molecular weight is 435 g/mol. The number of ether oxygens (including phenoxy) is 1. The Balaban J connectivity index is 1.53. The minimum atomic E-state index is -0.159. The number of benzene rings is 2. The first-order chi connectivity index (χ1) is 15.2. The second-order valence-electron chi connectivity index (χ2n) is 8.02. The number of ketones is 1. The van der Waals surface area contributed by atoms with Crippen molar-refractivity contribution in [2.24, 2.45) is 0 Å². The van der Waals surface area contributed by atoms with Crippen LogP contribution in [0, 0.1) is 6.92 Å². The summed E-state index contributed by atoms with van der Waals surface area (Å²) in [6, 6.07) is 16.3. The third-order valence-corrected chi connectivity index (χ3v) is 7.21. The van der Waals surface area contributed by atoms with Gasteiger partial charge in [0.05, 0.1) is 24.2 Å². The Morgan fingerprint density at radius 2 is 1.81 bits per heavy atom. The van der Waals surface area contributed by atoms with Crippen LogP contribution >= 0.6 is 11.8 Å². The normalized spacial score (nSPS) is 19.2. The fourth-order valence-electron chi connectivity index (χ4n) is 4.33. The van der Waals surface area contributed by atoms with Gasteiger partial charge in [-0.2, -0.15) is 0 Å². The molecule has 7 heteroatoms. The van der Waals surface area contributed by atoms with Crippen LogP contribution in [-0.2, 0) is 11.2 Å². The number of nitrogens with zero attached hydrogens (tertiary/aromatic N) is 4. The number of fused-ring (bicyclic) bond motifs is 1. The van der Waals surface area contributed by atoms with E-state index < -0.39 is 0 Å². The standard InChI is InChI=1S/C24H26N4O2S/c1-17-7-2-5-11-20(17)28-23(27-13-15-30-16-14-27)25-26-24(28)31-21-12-6-9-18-8-3-4-10-19(18)22(21)29/h2-5,7-8,10-11,21H,6,9,12-16H2,1H3. The molecule has 0 spiro atoms. The number of thioether (sulfide) groups is 1. The first-order valence-electron chi connectivity index (χ1n) is 10.9. The van der Waals surface area contributed by atoms with Crippen molar-refractivity contribution in [3.63, 3.8) is 0 Å². The predicted octanol–water partition coefficient (Wildman–Crippen LogP) is 4.09. The van der Waals surface area contributed by atoms with E-state index in [4.69, 9.17) is 4.74 Å². The molecule has 2 heterocycles. The smallest absolute Gasteiger partial charge is 0.232 e. The highest BCUT2D eigenvalue weighted by atomic mass is 32.2. The largest absolute Gasteiger partial charge is 0.378 e. The number of hydrogen-bond donors (Lipinski definition) is 0. The van der Waals surface area contributed by atoms with E-state index in [9.17, 15) is 4.79 Å². The minimum absolute atomic E-state index is 0.159. The van der Waals surface area contributed by atoms with Gasteiger partial charge in [0.15, 0.2) is 10.9 Å². The molecule has 1 fully saturated rings. The Kier molecular flexibility index (Phi) is 5.78. The lowest BCUT2D eigenvalue weighted by Crippen LogP contribution is -2.38. The van der Waals surface area contributed by atoms with Crippen LogP contribution in [0.3, 0.4) is 0 Å². The van der Waals surface area contributed by atoms with E-state index >= 15 is 0 Å². The van der Waals surface area contributed by atoms with Crippen LogP contribution in [0.1, 0.15) is 34.3 Å². The first kappa shape index (κ1) is 20.3. The summed E-state index contributed by atoms with van der Waals surface area (Å²) < 4.78 is 7.65. The lowest BCUT2D eigenvalue weighted by molar-refractivity contribution is 0.0988. The van der Waals surface area contributed by atoms with Crippen LogP contribution in [0.2, 0.25) is 0 Å². The van der Waals surface area contributed by atoms with Gasteiger partial charge >= 0.3 is 0 Å². The van der Waals surface area contributed by atoms with Gasteiger partial charge in [-0.1, -0.05) is 54.2 Å². The lowest BCUT2D eigenvalue weighted by Gasteiger charge is -2.28. The van der Waals surface area contributed by atoms with Crippen LogP contribution < -0.4 is 4.90 Å². The highest BCUT2D eigenvalue weighted by Gasteiger charge is 2.30. The summed E-state index contributed by atoms with van der Waals surface area (Å²) in [6.45, 7) is 5.02. The lowest BCUT2D eigenvalue weighted by atomic mass is 10.0. The van der Waals surface area contributed by atoms with Crippen molar-refractivity contribution < 1.29 is 9.53 Å². The molecular weight excluding hydrogens is 408 g/mol. The second-order valence-corrected chi connectivity index (χ2v) is 9.19. The van der Waals surface area contributed by atoms with Crippen molar-refractivity contribution in [1.82, 2.24) is 14.8 Å². The Morgan fingerprint density at radius 1 is 1.03 bits per heavy atom. The number of morpholine rings is 1. The van der Waals surface area contributed by atoms with E-state index in [-0.39, 0.29) is 11.0 Å². The SMILES string of the molecule is Cc1ccccc1-n1c(SC2CCCc3ccccc3C2=O)nnc1N1CCOCC1. The minimum Gasteiger partial charge on any atom is -0.378 e. The molecule has 0 radical (unpaired) electrons. The maximum atomic E-state index is 13.4. The fourth-order valence-corrected chi connectivity index (χ4v) is 5.48. The molecule has 2 aromatic carbocycles. The number of aromatic nitrogens is 3. The third kappa shape index (κ3) is 4.00. The van der Waals surface area contributed by atoms with Crippen LogP contribution in [0.15, 0.2) is 53.7 Å². The van der Waals surface area contributed by atoms with Gasteiger partial charge in [0, 0.05) is 18.7 Å². The van der Waals surface area contributed by atoms with Gasteiger partial charge < -0.3 is 9.64 Å². The zero-order valence-electron chi connectivity index (χ0n) is 17.7. The van der Waals surface area contributed by atoms with Crippen molar-refractivity contribution in [2.45, 2.75) is 36.6 Å². The molecule has 1 saturated heterocycles. The van der Waals surface area contributed by atoms with Crippen molar-refractivity contribution in [2.75, 3.05) is 31.2 Å². The molecule has 31 heavy (non-hydrogen) atoms. The Labute approximate surface area is 186 Å². The second kappa shape index (κ2) is 8.85. The monoisotopic (exact) mass is 434 g/mol. The molecule has 1 aliphatic heterocycles. The van der Waals surface area contributed by atoms with E-state index in [1.54, 1.807) is 11.8 Å². The first-order valence-corrected chi connectivity index (χ1v) is 11.7. The van der Waals surface area contributed by atoms with Crippen molar-refractivity contribution >= 4 is 23.5 Å². The molecule has 0 saturated carbocycles. The van der Waals surface area contributed by atoms with Crippen LogP contribution in [0.25, 0.3) is 5.69 Å². The molecule has 1 aromatic heterocycles. The number of rotatable bonds is 4. The molecule has 0 bridgehead atoms. The summed E-state index contributed by atoms with van der Waals surface area (Å²) in [5.41, 5.74) is 4.21. The van der Waals surface area contributed by atoms with Crippen molar-refractivity contribution in [1.29, 1.82) is 0 Å². The average Bonchev–Trinajstić information content (AvgIpc) is 3.15. The van der Waals surface area contributed by atoms with E-state index in [0.717, 1.165) is 65.8 Å². The number of hydrogen-bond acceptors (Lipinski definition) is 6. The molecule has 1 aliphatic carbocycles. The number of carbonyl (C=O) groups is 1. The summed E-state index contributed by atoms with van der Waals surface area (Å²) >= 11 is 1.55. The van der Waals surface area contributed by atoms with Crippen molar-refractivity contribution in [3.05, 3.63) is 65.2 Å². The van der Waals surface area contributed by atoms with Crippen LogP contribution in [-0.4, -0.2) is 52.1 Å². The van der Waals surface area contributed by atoms with Crippen LogP contribution in [0.4, 0.5) is 5.95 Å². The molecule has 0 amide bonds. The van der Waals surface area contributed by atoms with Gasteiger partial charge in [-0.15, -0.1) is 10.2 Å². The van der Waals surface area contributed by atoms with Gasteiger partial charge in [0.1, 0.15) is 0 Å². The topological polar surface area (TPSA) is 60.2 Å². The van der Waals surface area contributed by atoms with E-state index in [1.807, 2.05) is 30.3 Å². The Hall–Kier alpha value is -2.64. The predicted molar refractivity (Wildman–Crippen MR) is 122 cm³/mol. The maximum Gasteiger partial charge on any atom is 0.232 e. The summed E-state index contributed by atoms with van der Waals surface area (Å²) in [5, 5.41) is 9.74. The quantitative estimate of drug-likeness (QED) is 0.577. The van der Waals surface area contributed by atoms with Gasteiger partial charge in [0.2, 0.25) is 5.95 Å².